The molecule has 3 rings (SSSR count). The second kappa shape index (κ2) is 5.68. The zero-order chi connectivity index (χ0) is 13.9. The van der Waals surface area contributed by atoms with Crippen molar-refractivity contribution in [2.75, 3.05) is 6.61 Å². The lowest BCUT2D eigenvalue weighted by Gasteiger charge is -2.26. The van der Waals surface area contributed by atoms with Crippen molar-refractivity contribution in [3.8, 4) is 11.5 Å². The van der Waals surface area contributed by atoms with Crippen LogP contribution in [0.25, 0.3) is 11.5 Å². The first-order valence-electron chi connectivity index (χ1n) is 6.69. The summed E-state index contributed by atoms with van der Waals surface area (Å²) in [6.45, 7) is 0.382. The Morgan fingerprint density at radius 2 is 2.10 bits per heavy atom. The predicted octanol–water partition coefficient (Wildman–Crippen LogP) is 2.44. The molecule has 1 aromatic carbocycles. The van der Waals surface area contributed by atoms with Gasteiger partial charge in [0, 0.05) is 5.56 Å². The van der Waals surface area contributed by atoms with E-state index in [1.807, 2.05) is 0 Å². The maximum atomic E-state index is 12.8. The van der Waals surface area contributed by atoms with Gasteiger partial charge in [-0.25, -0.2) is 4.39 Å². The van der Waals surface area contributed by atoms with Crippen molar-refractivity contribution in [1.29, 1.82) is 0 Å². The molecule has 1 heterocycles. The number of benzene rings is 1. The molecule has 2 aromatic rings. The number of nitrogens with two attached hydrogens (primary N) is 1. The Hall–Kier alpha value is -1.79. The normalized spacial score (nSPS) is 16.9. The molecule has 2 N–H and O–H groups in total. The molecule has 0 amide bonds. The van der Waals surface area contributed by atoms with Crippen LogP contribution in [0.15, 0.2) is 28.8 Å². The van der Waals surface area contributed by atoms with Crippen molar-refractivity contribution >= 4 is 0 Å². The zero-order valence-electron chi connectivity index (χ0n) is 11.0. The summed E-state index contributed by atoms with van der Waals surface area (Å²) >= 11 is 0. The van der Waals surface area contributed by atoms with Crippen molar-refractivity contribution in [3.05, 3.63) is 35.9 Å². The minimum atomic E-state index is -0.409. The van der Waals surface area contributed by atoms with Gasteiger partial charge in [0.15, 0.2) is 5.82 Å². The Labute approximate surface area is 115 Å². The summed E-state index contributed by atoms with van der Waals surface area (Å²) in [6.07, 6.45) is 3.74. The van der Waals surface area contributed by atoms with Crippen molar-refractivity contribution in [2.45, 2.75) is 31.4 Å². The number of hydrogen-bond donors (Lipinski definition) is 1. The highest BCUT2D eigenvalue weighted by Gasteiger charge is 2.21. The quantitative estimate of drug-likeness (QED) is 0.908. The van der Waals surface area contributed by atoms with Gasteiger partial charge >= 0.3 is 0 Å². The van der Waals surface area contributed by atoms with E-state index in [9.17, 15) is 4.39 Å². The third-order valence-electron chi connectivity index (χ3n) is 3.43. The smallest absolute Gasteiger partial charge is 0.257 e. The summed E-state index contributed by atoms with van der Waals surface area (Å²) in [7, 11) is 0. The van der Waals surface area contributed by atoms with Crippen molar-refractivity contribution in [3.63, 3.8) is 0 Å². The van der Waals surface area contributed by atoms with Gasteiger partial charge < -0.3 is 15.0 Å². The summed E-state index contributed by atoms with van der Waals surface area (Å²) in [5.74, 6) is 0.432. The summed E-state index contributed by atoms with van der Waals surface area (Å²) in [5.41, 5.74) is 6.63. The third kappa shape index (κ3) is 2.86. The maximum Gasteiger partial charge on any atom is 0.257 e. The summed E-state index contributed by atoms with van der Waals surface area (Å²) in [5, 5.41) is 3.85. The van der Waals surface area contributed by atoms with Crippen molar-refractivity contribution in [1.82, 2.24) is 10.1 Å². The molecule has 1 aliphatic carbocycles. The maximum absolute atomic E-state index is 12.8. The second-order valence-electron chi connectivity index (χ2n) is 4.96. The fraction of sp³-hybridized carbons (Fsp3) is 0.429. The Balaban J connectivity index is 1.64. The van der Waals surface area contributed by atoms with Gasteiger partial charge in [0.1, 0.15) is 5.82 Å². The summed E-state index contributed by atoms with van der Waals surface area (Å²) in [4.78, 5) is 4.23. The van der Waals surface area contributed by atoms with Crippen LogP contribution in [-0.2, 0) is 4.74 Å². The van der Waals surface area contributed by atoms with Gasteiger partial charge in [0.05, 0.1) is 18.8 Å². The van der Waals surface area contributed by atoms with Crippen molar-refractivity contribution < 1.29 is 13.7 Å². The monoisotopic (exact) mass is 277 g/mol. The fourth-order valence-electron chi connectivity index (χ4n) is 1.95. The molecule has 0 radical (unpaired) electrons. The molecule has 1 atom stereocenters. The Morgan fingerprint density at radius 3 is 2.75 bits per heavy atom. The molecule has 106 valence electrons. The molecule has 6 heteroatoms. The van der Waals surface area contributed by atoms with E-state index in [1.165, 1.54) is 18.6 Å². The largest absolute Gasteiger partial charge is 0.376 e. The fourth-order valence-corrected chi connectivity index (χ4v) is 1.95. The molecule has 0 spiro atoms. The highest BCUT2D eigenvalue weighted by atomic mass is 19.1. The molecule has 0 bridgehead atoms. The van der Waals surface area contributed by atoms with Crippen LogP contribution in [0.4, 0.5) is 4.39 Å². The lowest BCUT2D eigenvalue weighted by Crippen LogP contribution is -2.27. The minimum absolute atomic E-state index is 0.306. The molecule has 1 aromatic heterocycles. The summed E-state index contributed by atoms with van der Waals surface area (Å²) in [6, 6.07) is 5.46. The van der Waals surface area contributed by atoms with E-state index in [-0.39, 0.29) is 5.82 Å². The van der Waals surface area contributed by atoms with Gasteiger partial charge in [-0.05, 0) is 43.5 Å². The van der Waals surface area contributed by atoms with Gasteiger partial charge in [-0.2, -0.15) is 4.98 Å². The number of ether oxygens (including phenoxy) is 1. The first kappa shape index (κ1) is 13.2. The topological polar surface area (TPSA) is 74.2 Å². The predicted molar refractivity (Wildman–Crippen MR) is 70.2 cm³/mol. The van der Waals surface area contributed by atoms with Crippen LogP contribution in [0.1, 0.15) is 31.1 Å². The van der Waals surface area contributed by atoms with Gasteiger partial charge in [-0.1, -0.05) is 5.16 Å². The van der Waals surface area contributed by atoms with E-state index in [1.54, 1.807) is 12.1 Å². The van der Waals surface area contributed by atoms with Gasteiger partial charge in [-0.3, -0.25) is 0 Å². The lowest BCUT2D eigenvalue weighted by molar-refractivity contribution is -0.00549. The van der Waals surface area contributed by atoms with Gasteiger partial charge in [0.2, 0.25) is 0 Å². The highest BCUT2D eigenvalue weighted by Crippen LogP contribution is 2.24. The Bertz CT molecular complexity index is 566. The number of nitrogens with zero attached hydrogens (tertiary/aromatic N) is 2. The average molecular weight is 277 g/mol. The van der Waals surface area contributed by atoms with E-state index in [2.05, 4.69) is 10.1 Å². The van der Waals surface area contributed by atoms with Crippen LogP contribution < -0.4 is 5.73 Å². The number of hydrogen-bond acceptors (Lipinski definition) is 5. The number of rotatable bonds is 5. The first-order chi connectivity index (χ1) is 9.72. The number of halogens is 1. The zero-order valence-corrected chi connectivity index (χ0v) is 11.0. The molecule has 0 aliphatic heterocycles. The van der Waals surface area contributed by atoms with Crippen molar-refractivity contribution in [2.24, 2.45) is 5.73 Å². The first-order valence-corrected chi connectivity index (χ1v) is 6.69. The third-order valence-corrected chi connectivity index (χ3v) is 3.43. The molecule has 0 saturated heterocycles. The van der Waals surface area contributed by atoms with Crippen LogP contribution >= 0.6 is 0 Å². The van der Waals surface area contributed by atoms with Gasteiger partial charge in [0.25, 0.3) is 5.89 Å². The van der Waals surface area contributed by atoms with Crippen LogP contribution in [-0.4, -0.2) is 22.9 Å². The van der Waals surface area contributed by atoms with Crippen LogP contribution in [0, 0.1) is 5.82 Å². The van der Waals surface area contributed by atoms with Crippen LogP contribution in [0.5, 0.6) is 0 Å². The minimum Gasteiger partial charge on any atom is -0.376 e. The lowest BCUT2D eigenvalue weighted by atomic mass is 9.96. The Morgan fingerprint density at radius 1 is 1.35 bits per heavy atom. The molecule has 1 aliphatic rings. The molecule has 1 unspecified atom stereocenters. The molecule has 20 heavy (non-hydrogen) atoms. The Kier molecular flexibility index (Phi) is 3.75. The van der Waals surface area contributed by atoms with E-state index < -0.39 is 6.04 Å². The van der Waals surface area contributed by atoms with Crippen LogP contribution in [0.3, 0.4) is 0 Å². The molecule has 1 saturated carbocycles. The van der Waals surface area contributed by atoms with E-state index in [4.69, 9.17) is 15.0 Å². The molecular weight excluding hydrogens is 261 g/mol. The SMILES string of the molecule is NC(COC1CCC1)c1noc(-c2ccc(F)cc2)n1. The second-order valence-corrected chi connectivity index (χ2v) is 4.96. The molecule has 1 fully saturated rings. The van der Waals surface area contributed by atoms with E-state index in [0.29, 0.717) is 30.0 Å². The highest BCUT2D eigenvalue weighted by molar-refractivity contribution is 5.52. The van der Waals surface area contributed by atoms with E-state index >= 15 is 0 Å². The van der Waals surface area contributed by atoms with Crippen LogP contribution in [0.2, 0.25) is 0 Å². The van der Waals surface area contributed by atoms with Gasteiger partial charge in [-0.15, -0.1) is 0 Å². The molecule has 5 nitrogen and oxygen atoms in total. The average Bonchev–Trinajstić information content (AvgIpc) is 2.87. The number of aromatic nitrogens is 2. The standard InChI is InChI=1S/C14H16FN3O2/c15-10-6-4-9(5-7-10)14-17-13(18-20-14)12(16)8-19-11-2-1-3-11/h4-7,11-12H,1-3,8,16H2. The molecular formula is C14H16FN3O2. The summed E-state index contributed by atoms with van der Waals surface area (Å²) < 4.78 is 23.6. The van der Waals surface area contributed by atoms with E-state index in [0.717, 1.165) is 12.8 Å².